The van der Waals surface area contributed by atoms with E-state index in [2.05, 4.69) is 146 Å². The average molecular weight is 2250 g/mol. The number of carbonyl (C=O) groups is 7. The number of para-hydroxylation sites is 1. The predicted octanol–water partition coefficient (Wildman–Crippen LogP) is 17.2. The number of nitrogens with one attached hydrogen (secondary N) is 5. The number of aliphatic hydroxyl groups excluding tert-OH is 1. The van der Waals surface area contributed by atoms with E-state index in [4.69, 9.17) is 53.3 Å². The molecule has 4 unspecified atom stereocenters. The lowest BCUT2D eigenvalue weighted by atomic mass is 9.54. The molecule has 6 aromatic carbocycles. The number of phosphoric acid groups is 1. The number of halogens is 1. The van der Waals surface area contributed by atoms with Crippen molar-refractivity contribution in [2.75, 3.05) is 99.4 Å². The molecule has 2 aliphatic heterocycles. The number of phenolic OH excluding ortho intramolecular Hbond substituents is 2. The number of aliphatic hydroxyl groups is 3. The van der Waals surface area contributed by atoms with Gasteiger partial charge in [-0.15, -0.1) is 0 Å². The number of fused-ring (bicyclic) bond motifs is 4. The number of carbonyl (C=O) groups excluding carboxylic acids is 7. The first-order valence-corrected chi connectivity index (χ1v) is 58.0. The quantitative estimate of drug-likeness (QED) is 0.00246. The third kappa shape index (κ3) is 39.3. The average Bonchev–Trinajstić information content (AvgIpc) is 0.814. The number of nitrogens with two attached hydrogens (primary N) is 1. The molecular formula is C113H162IN9O24P2S. The Morgan fingerprint density at radius 2 is 1.33 bits per heavy atom. The number of allylic oxidation sites excluding steroid dienone is 1. The molecule has 2 saturated heterocycles. The van der Waals surface area contributed by atoms with Crippen LogP contribution in [0.4, 0.5) is 0 Å². The van der Waals surface area contributed by atoms with E-state index >= 15 is 0 Å². The maximum atomic E-state index is 13.3. The fourth-order valence-electron chi connectivity index (χ4n) is 20.7. The maximum Gasteiger partial charge on any atom is 0.314 e. The summed E-state index contributed by atoms with van der Waals surface area (Å²) in [6.07, 6.45) is 30.6. The number of phenols is 2. The van der Waals surface area contributed by atoms with Crippen LogP contribution >= 0.6 is 50.4 Å². The van der Waals surface area contributed by atoms with Crippen molar-refractivity contribution in [2.45, 2.75) is 269 Å². The Kier molecular flexibility index (Phi) is 52.1. The lowest BCUT2D eigenvalue weighted by molar-refractivity contribution is -0.870. The van der Waals surface area contributed by atoms with E-state index in [0.29, 0.717) is 42.2 Å². The molecule has 15 N–H and O–H groups in total. The second-order valence-electron chi connectivity index (χ2n) is 41.7. The number of amides is 3. The normalized spacial score (nSPS) is 21.5. The number of quaternary nitrogens is 1. The molecule has 6 aliphatic carbocycles. The molecule has 4 saturated carbocycles. The first kappa shape index (κ1) is 125. The van der Waals surface area contributed by atoms with E-state index in [-0.39, 0.29) is 101 Å². The van der Waals surface area contributed by atoms with Gasteiger partial charge in [0.05, 0.1) is 75.7 Å². The molecule has 12 atom stereocenters. The number of rotatable bonds is 46. The molecule has 16 rings (SSSR count). The van der Waals surface area contributed by atoms with E-state index in [1.807, 2.05) is 77.2 Å². The van der Waals surface area contributed by atoms with Gasteiger partial charge in [-0.1, -0.05) is 208 Å². The van der Waals surface area contributed by atoms with Crippen molar-refractivity contribution in [1.29, 1.82) is 0 Å². The van der Waals surface area contributed by atoms with Gasteiger partial charge in [-0.25, -0.2) is 10.5 Å². The van der Waals surface area contributed by atoms with E-state index in [1.165, 1.54) is 173 Å². The number of aromatic amines is 2. The predicted molar refractivity (Wildman–Crippen MR) is 590 cm³/mol. The number of methoxy groups -OCH3 is 1. The highest BCUT2D eigenvalue weighted by Gasteiger charge is 2.55. The molecule has 150 heavy (non-hydrogen) atoms. The summed E-state index contributed by atoms with van der Waals surface area (Å²) in [4.78, 5) is 126. The van der Waals surface area contributed by atoms with Gasteiger partial charge in [0.2, 0.25) is 17.7 Å². The molecule has 3 amide bonds. The molecule has 6 fully saturated rings. The monoisotopic (exact) mass is 2250 g/mol. The number of phosphoric ester groups is 1. The SMILES string of the molecule is CC(=O)[C@]1(O)Cc2c(O)c3c(c(O)c2[C@@H](O[C@H]2C[C@H](N)[C@H](O)[C@H](C)O2)C1)C(=O)c1ccccc1C3=O.CC/C(=C(\c1ccc(I)cc1)c1ccc(OCCN2CCCC2)cc1)c1ccccc1.CCCCCCCCCCCCCCCCSCC(COC)COP(=O)([O-])OCC[N+](C)(C)C.CNC(=O)[C@H](Cc1c[nH]c2ccccc12)NC(=O)[C@@H](CC(=O)NO)CC(C)C.O=C1C2CC3CC1CC(O)(C3)C2.O=[PH](O)O.c1c[nH]cn1. The highest BCUT2D eigenvalue weighted by molar-refractivity contribution is 14.1. The van der Waals surface area contributed by atoms with Crippen molar-refractivity contribution in [1.82, 2.24) is 36.0 Å². The number of H-pyrrole nitrogens is 2. The molecule has 8 aliphatic rings. The molecule has 0 radical (unpaired) electrons. The third-order valence-corrected chi connectivity index (χ3v) is 31.3. The van der Waals surface area contributed by atoms with Crippen molar-refractivity contribution in [3.63, 3.8) is 0 Å². The number of unbranched alkanes of at least 4 members (excludes halogenated alkanes) is 13. The zero-order chi connectivity index (χ0) is 109. The Morgan fingerprint density at radius 3 is 1.87 bits per heavy atom. The highest BCUT2D eigenvalue weighted by atomic mass is 127. The van der Waals surface area contributed by atoms with Crippen LogP contribution in [0.2, 0.25) is 0 Å². The van der Waals surface area contributed by atoms with Gasteiger partial charge < -0.3 is 99.0 Å². The van der Waals surface area contributed by atoms with Gasteiger partial charge in [-0.3, -0.25) is 52.8 Å². The fraction of sp³-hybridized carbons (Fsp3) is 0.558. The topological polar surface area (TPSA) is 504 Å². The summed E-state index contributed by atoms with van der Waals surface area (Å²) in [5.74, 6) is -0.349. The number of likely N-dealkylation sites (tertiary alicyclic amines) is 1. The number of aromatic nitrogens is 3. The van der Waals surface area contributed by atoms with Crippen molar-refractivity contribution in [3.8, 4) is 17.2 Å². The Balaban J connectivity index is 0.000000208. The van der Waals surface area contributed by atoms with Gasteiger partial charge >= 0.3 is 8.25 Å². The van der Waals surface area contributed by atoms with Crippen LogP contribution in [-0.4, -0.2) is 247 Å². The Hall–Kier alpha value is -8.76. The minimum absolute atomic E-state index is 0.00588. The number of hydroxylamine groups is 1. The molecule has 2 aromatic heterocycles. The van der Waals surface area contributed by atoms with Crippen LogP contribution in [0.3, 0.4) is 0 Å². The molecule has 4 heterocycles. The number of hydrogen-bond acceptors (Lipinski definition) is 26. The highest BCUT2D eigenvalue weighted by Crippen LogP contribution is 2.55. The van der Waals surface area contributed by atoms with Gasteiger partial charge in [0.15, 0.2) is 23.6 Å². The second kappa shape index (κ2) is 62.7. The number of Topliss-reactive ketones (excluding diaryl/α,β-unsaturated/α-hetero) is 2. The Labute approximate surface area is 902 Å². The molecular weight excluding hydrogens is 2090 g/mol. The van der Waals surface area contributed by atoms with Crippen LogP contribution in [0.25, 0.3) is 22.0 Å². The third-order valence-electron chi connectivity index (χ3n) is 28.3. The van der Waals surface area contributed by atoms with Gasteiger partial charge in [-0.05, 0) is 195 Å². The summed E-state index contributed by atoms with van der Waals surface area (Å²) < 4.78 is 55.7. The van der Waals surface area contributed by atoms with E-state index in [1.54, 1.807) is 50.4 Å². The lowest BCUT2D eigenvalue weighted by Crippen LogP contribution is -2.54. The number of likely N-dealkylation sites (N-methyl/N-ethyl adjacent to an activating group) is 2. The fourth-order valence-corrected chi connectivity index (χ4v) is 22.9. The largest absolute Gasteiger partial charge is 0.756 e. The molecule has 8 aromatic rings. The first-order chi connectivity index (χ1) is 71.6. The zero-order valence-corrected chi connectivity index (χ0v) is 93.9. The molecule has 37 heteroatoms. The van der Waals surface area contributed by atoms with Crippen LogP contribution in [0.1, 0.15) is 280 Å². The summed E-state index contributed by atoms with van der Waals surface area (Å²) >= 11 is 4.23. The number of ketones is 4. The number of nitrogens with zero attached hydrogens (tertiary/aromatic N) is 3. The van der Waals surface area contributed by atoms with Crippen molar-refractivity contribution in [2.24, 2.45) is 41.2 Å². The van der Waals surface area contributed by atoms with E-state index in [0.717, 1.165) is 85.4 Å². The first-order valence-electron chi connectivity index (χ1n) is 53.0. The Bertz CT molecular complexity index is 5600. The maximum absolute atomic E-state index is 13.3. The van der Waals surface area contributed by atoms with Crippen LogP contribution in [0.15, 0.2) is 152 Å². The molecule has 4 bridgehead atoms. The van der Waals surface area contributed by atoms with E-state index in [9.17, 15) is 68.6 Å². The lowest BCUT2D eigenvalue weighted by Gasteiger charge is -2.53. The molecule has 33 nitrogen and oxygen atoms in total. The van der Waals surface area contributed by atoms with Gasteiger partial charge in [-0.2, -0.15) is 11.8 Å². The van der Waals surface area contributed by atoms with Gasteiger partial charge in [0.25, 0.3) is 7.82 Å². The standard InChI is InChI=1S/C28H30INO.C26H27NO9.C26H56NO5PS.C20H28N4O4.C10H14O2.C3H4N2.H3O3P/c1-2-27(22-8-4-3-5-9-22)28(23-10-14-25(29)15-11-23)24-12-16-26(17-13-24)31-21-20-30-18-6-7-19-30;1-10-21(29)15(27)7-17(35-10)36-16-9-26(34,11(2)28)8-14-18(16)25(33)20-19(24(14)32)22(30)12-5-3-4-6-13(12)23(20)31;1-6-7-8-9-10-11-12-13-14-15-16-17-18-19-22-34-25-26(23-30-5)24-32-33(28,29)31-21-20-27(2,3)4;1-12(2)8-13(10-18(25)24-28)19(26)23-17(20(27)21-3)9-14-11-22-16-7-5-4-6-15(14)16;11-9-7-1-6-2-8(9)5-10(12,3-6)4-7;1-2-5-3-4-1;1-4(2)3/h3-5,8-17H,2,6-7,18-21H2,1H3;3-6,10,15-17,21,29,32-34H,7-9,27H2,1-2H3;26H,6-25H2,1-5H3;4-7,11-13,17,22,28H,8-10H2,1-3H3,(H,21,27)(H,23,26)(H,24,25);6-8,12H,1-5H2;1-3H,(H,4,5);4H,(H2,1,2,3)/b28-27-;;;;;;/t;10-,15-,16-,17-,21+,26-;;13-,17+;;;/m.0.1.../s1. The minimum atomic E-state index is -4.26. The Morgan fingerprint density at radius 1 is 0.753 bits per heavy atom. The zero-order valence-electron chi connectivity index (χ0n) is 89.0. The van der Waals surface area contributed by atoms with Crippen molar-refractivity contribution >= 4 is 113 Å². The number of thioether (sulfide) groups is 1. The van der Waals surface area contributed by atoms with Crippen molar-refractivity contribution in [3.05, 3.63) is 212 Å². The number of imidazole rings is 1. The minimum Gasteiger partial charge on any atom is -0.756 e. The number of aromatic hydroxyl groups is 2. The van der Waals surface area contributed by atoms with Crippen molar-refractivity contribution < 1.29 is 121 Å². The molecule has 826 valence electrons. The van der Waals surface area contributed by atoms with Crippen LogP contribution in [0.5, 0.6) is 17.2 Å². The summed E-state index contributed by atoms with van der Waals surface area (Å²) in [7, 11) is 1.74. The van der Waals surface area contributed by atoms with Gasteiger partial charge in [0.1, 0.15) is 54.4 Å². The van der Waals surface area contributed by atoms with Gasteiger partial charge in [0, 0.05) is 144 Å². The summed E-state index contributed by atoms with van der Waals surface area (Å²) in [6.45, 7) is 16.7. The molecule has 0 spiro atoms. The summed E-state index contributed by atoms with van der Waals surface area (Å²) in [5, 5.41) is 69.0. The number of hydrogen-bond donors (Lipinski definition) is 14. The van der Waals surface area contributed by atoms with Crippen LogP contribution in [0, 0.1) is 39.1 Å². The second-order valence-corrected chi connectivity index (χ2v) is 46.1. The van der Waals surface area contributed by atoms with Crippen LogP contribution < -0.4 is 31.5 Å². The smallest absolute Gasteiger partial charge is 0.314 e. The summed E-state index contributed by atoms with van der Waals surface area (Å²) in [5.41, 5.74) is 12.8. The van der Waals surface area contributed by atoms with E-state index < -0.39 is 111 Å². The van der Waals surface area contributed by atoms with Crippen LogP contribution in [-0.2, 0) is 69.2 Å². The summed E-state index contributed by atoms with van der Waals surface area (Å²) in [6, 6.07) is 40.6. The number of ether oxygens (including phenoxy) is 4. The number of benzene rings is 6.